The standard InChI is InChI=1S/C13H15N3O3S/c1-6-5-20-11(13(18)19-4)10(6)14-12(17)9-7(2)15-16-8(9)3/h5H,1-4H3,(H,14,17)(H,15,16). The second-order valence-corrected chi connectivity index (χ2v) is 5.26. The maximum atomic E-state index is 12.3. The summed E-state index contributed by atoms with van der Waals surface area (Å²) < 4.78 is 4.71. The lowest BCUT2D eigenvalue weighted by Gasteiger charge is -2.07. The smallest absolute Gasteiger partial charge is 0.350 e. The number of esters is 1. The van der Waals surface area contributed by atoms with Crippen LogP contribution in [0.25, 0.3) is 0 Å². The van der Waals surface area contributed by atoms with Crippen LogP contribution in [0.2, 0.25) is 0 Å². The first kappa shape index (κ1) is 14.3. The van der Waals surface area contributed by atoms with Crippen LogP contribution >= 0.6 is 11.3 Å². The molecule has 2 aromatic rings. The minimum Gasteiger partial charge on any atom is -0.465 e. The molecule has 2 heterocycles. The summed E-state index contributed by atoms with van der Waals surface area (Å²) in [5.74, 6) is -0.751. The van der Waals surface area contributed by atoms with Gasteiger partial charge in [-0.05, 0) is 31.7 Å². The van der Waals surface area contributed by atoms with Gasteiger partial charge in [0.15, 0.2) is 0 Å². The number of nitrogens with one attached hydrogen (secondary N) is 2. The molecule has 1 amide bonds. The highest BCUT2D eigenvalue weighted by Crippen LogP contribution is 2.29. The number of rotatable bonds is 3. The summed E-state index contributed by atoms with van der Waals surface area (Å²) in [5, 5.41) is 11.3. The number of carbonyl (C=O) groups is 2. The second kappa shape index (κ2) is 5.46. The number of aryl methyl sites for hydroxylation is 3. The topological polar surface area (TPSA) is 84.1 Å². The Morgan fingerprint density at radius 2 is 2.05 bits per heavy atom. The second-order valence-electron chi connectivity index (χ2n) is 4.38. The van der Waals surface area contributed by atoms with Gasteiger partial charge >= 0.3 is 5.97 Å². The molecule has 2 rings (SSSR count). The van der Waals surface area contributed by atoms with Crippen LogP contribution in [0.1, 0.15) is 37.0 Å². The van der Waals surface area contributed by atoms with Crippen LogP contribution in [-0.2, 0) is 4.74 Å². The number of thiophene rings is 1. The van der Waals surface area contributed by atoms with Crippen molar-refractivity contribution in [1.82, 2.24) is 10.2 Å². The van der Waals surface area contributed by atoms with Gasteiger partial charge in [-0.15, -0.1) is 11.3 Å². The predicted molar refractivity (Wildman–Crippen MR) is 76.4 cm³/mol. The molecular formula is C13H15N3O3S. The van der Waals surface area contributed by atoms with Gasteiger partial charge in [0.05, 0.1) is 24.1 Å². The summed E-state index contributed by atoms with van der Waals surface area (Å²) in [7, 11) is 1.31. The van der Waals surface area contributed by atoms with Crippen molar-refractivity contribution in [3.8, 4) is 0 Å². The summed E-state index contributed by atoms with van der Waals surface area (Å²) in [5.41, 5.74) is 3.11. The number of hydrogen-bond acceptors (Lipinski definition) is 5. The van der Waals surface area contributed by atoms with Gasteiger partial charge in [0, 0.05) is 5.69 Å². The summed E-state index contributed by atoms with van der Waals surface area (Å²) in [6.07, 6.45) is 0. The SMILES string of the molecule is COC(=O)c1scc(C)c1NC(=O)c1c(C)n[nH]c1C. The van der Waals surface area contributed by atoms with E-state index in [1.807, 2.05) is 6.92 Å². The van der Waals surface area contributed by atoms with Crippen LogP contribution in [0, 0.1) is 20.8 Å². The van der Waals surface area contributed by atoms with E-state index in [-0.39, 0.29) is 5.91 Å². The fourth-order valence-corrected chi connectivity index (χ4v) is 2.83. The molecule has 0 spiro atoms. The highest BCUT2D eigenvalue weighted by atomic mass is 32.1. The molecular weight excluding hydrogens is 278 g/mol. The number of aromatic nitrogens is 2. The monoisotopic (exact) mass is 293 g/mol. The van der Waals surface area contributed by atoms with E-state index < -0.39 is 5.97 Å². The van der Waals surface area contributed by atoms with E-state index in [1.54, 1.807) is 19.2 Å². The Bertz CT molecular complexity index is 653. The van der Waals surface area contributed by atoms with Crippen LogP contribution in [-0.4, -0.2) is 29.2 Å². The summed E-state index contributed by atoms with van der Waals surface area (Å²) in [6.45, 7) is 5.35. The molecule has 0 aliphatic carbocycles. The normalized spacial score (nSPS) is 10.4. The number of aromatic amines is 1. The molecule has 7 heteroatoms. The van der Waals surface area contributed by atoms with E-state index in [9.17, 15) is 9.59 Å². The largest absolute Gasteiger partial charge is 0.465 e. The van der Waals surface area contributed by atoms with Gasteiger partial charge < -0.3 is 10.1 Å². The molecule has 0 unspecified atom stereocenters. The zero-order valence-electron chi connectivity index (χ0n) is 11.7. The molecule has 0 atom stereocenters. The van der Waals surface area contributed by atoms with Crippen LogP contribution in [0.15, 0.2) is 5.38 Å². The van der Waals surface area contributed by atoms with Gasteiger partial charge in [-0.3, -0.25) is 9.89 Å². The zero-order chi connectivity index (χ0) is 14.9. The van der Waals surface area contributed by atoms with Gasteiger partial charge in [0.1, 0.15) is 4.88 Å². The number of methoxy groups -OCH3 is 1. The van der Waals surface area contributed by atoms with Crippen molar-refractivity contribution in [2.24, 2.45) is 0 Å². The number of nitrogens with zero attached hydrogens (tertiary/aromatic N) is 1. The van der Waals surface area contributed by atoms with Crippen molar-refractivity contribution in [2.45, 2.75) is 20.8 Å². The molecule has 0 fully saturated rings. The number of anilines is 1. The van der Waals surface area contributed by atoms with Crippen molar-refractivity contribution < 1.29 is 14.3 Å². The first-order valence-electron chi connectivity index (χ1n) is 5.95. The average molecular weight is 293 g/mol. The quantitative estimate of drug-likeness (QED) is 0.851. The lowest BCUT2D eigenvalue weighted by molar-refractivity contribution is 0.0607. The Morgan fingerprint density at radius 1 is 1.35 bits per heavy atom. The first-order valence-corrected chi connectivity index (χ1v) is 6.83. The van der Waals surface area contributed by atoms with Crippen molar-refractivity contribution in [1.29, 1.82) is 0 Å². The summed E-state index contributed by atoms with van der Waals surface area (Å²) in [4.78, 5) is 24.4. The Balaban J connectivity index is 2.33. The molecule has 0 bridgehead atoms. The van der Waals surface area contributed by atoms with E-state index >= 15 is 0 Å². The van der Waals surface area contributed by atoms with Gasteiger partial charge in [0.2, 0.25) is 0 Å². The Labute approximate surface area is 120 Å². The van der Waals surface area contributed by atoms with E-state index in [0.29, 0.717) is 27.5 Å². The van der Waals surface area contributed by atoms with E-state index in [0.717, 1.165) is 5.56 Å². The lowest BCUT2D eigenvalue weighted by atomic mass is 10.1. The summed E-state index contributed by atoms with van der Waals surface area (Å²) >= 11 is 1.24. The van der Waals surface area contributed by atoms with Crippen LogP contribution in [0.3, 0.4) is 0 Å². The van der Waals surface area contributed by atoms with Gasteiger partial charge in [0.25, 0.3) is 5.91 Å². The van der Waals surface area contributed by atoms with Crippen molar-refractivity contribution in [3.05, 3.63) is 32.8 Å². The number of amides is 1. The molecule has 0 aromatic carbocycles. The van der Waals surface area contributed by atoms with Crippen molar-refractivity contribution >= 4 is 28.9 Å². The molecule has 20 heavy (non-hydrogen) atoms. The molecule has 0 saturated carbocycles. The maximum Gasteiger partial charge on any atom is 0.350 e. The predicted octanol–water partition coefficient (Wildman–Crippen LogP) is 2.44. The summed E-state index contributed by atoms with van der Waals surface area (Å²) in [6, 6.07) is 0. The Morgan fingerprint density at radius 3 is 2.60 bits per heavy atom. The van der Waals surface area contributed by atoms with Crippen LogP contribution in [0.4, 0.5) is 5.69 Å². The van der Waals surface area contributed by atoms with Crippen molar-refractivity contribution in [3.63, 3.8) is 0 Å². The molecule has 0 aliphatic heterocycles. The molecule has 6 nitrogen and oxygen atoms in total. The van der Waals surface area contributed by atoms with Crippen molar-refractivity contribution in [2.75, 3.05) is 12.4 Å². The number of ether oxygens (including phenoxy) is 1. The zero-order valence-corrected chi connectivity index (χ0v) is 12.5. The Kier molecular flexibility index (Phi) is 3.89. The molecule has 2 N–H and O–H groups in total. The lowest BCUT2D eigenvalue weighted by Crippen LogP contribution is -2.16. The molecule has 0 radical (unpaired) electrons. The van der Waals surface area contributed by atoms with E-state index in [1.165, 1.54) is 18.4 Å². The molecule has 2 aromatic heterocycles. The fraction of sp³-hybridized carbons (Fsp3) is 0.308. The van der Waals surface area contributed by atoms with Gasteiger partial charge in [-0.2, -0.15) is 5.10 Å². The van der Waals surface area contributed by atoms with Crippen LogP contribution in [0.5, 0.6) is 0 Å². The Hall–Kier alpha value is -2.15. The van der Waals surface area contributed by atoms with Gasteiger partial charge in [-0.1, -0.05) is 0 Å². The highest BCUT2D eigenvalue weighted by Gasteiger charge is 2.21. The third kappa shape index (κ3) is 2.44. The number of H-pyrrole nitrogens is 1. The van der Waals surface area contributed by atoms with Crippen LogP contribution < -0.4 is 5.32 Å². The molecule has 0 aliphatic rings. The third-order valence-electron chi connectivity index (χ3n) is 2.94. The van der Waals surface area contributed by atoms with E-state index in [2.05, 4.69) is 15.5 Å². The molecule has 0 saturated heterocycles. The van der Waals surface area contributed by atoms with Gasteiger partial charge in [-0.25, -0.2) is 4.79 Å². The average Bonchev–Trinajstić information content (AvgIpc) is 2.93. The number of hydrogen-bond donors (Lipinski definition) is 2. The van der Waals surface area contributed by atoms with E-state index in [4.69, 9.17) is 4.74 Å². The third-order valence-corrected chi connectivity index (χ3v) is 4.02. The first-order chi connectivity index (χ1) is 9.45. The maximum absolute atomic E-state index is 12.3. The number of carbonyl (C=O) groups excluding carboxylic acids is 2. The molecule has 106 valence electrons. The highest BCUT2D eigenvalue weighted by molar-refractivity contribution is 7.12. The fourth-order valence-electron chi connectivity index (χ4n) is 1.90. The minimum absolute atomic E-state index is 0.291. The minimum atomic E-state index is -0.459.